The van der Waals surface area contributed by atoms with Crippen molar-refractivity contribution in [2.45, 2.75) is 192 Å². The summed E-state index contributed by atoms with van der Waals surface area (Å²) in [6.45, 7) is 2.80. The Kier molecular flexibility index (Phi) is 27.8. The molecule has 4 atom stereocenters. The van der Waals surface area contributed by atoms with Crippen molar-refractivity contribution >= 4 is 153 Å². The Morgan fingerprint density at radius 1 is 0.435 bits per heavy atom. The predicted molar refractivity (Wildman–Crippen MR) is 392 cm³/mol. The quantitative estimate of drug-likeness (QED) is 0.0147. The van der Waals surface area contributed by atoms with Gasteiger partial charge in [0, 0.05) is 177 Å². The highest BCUT2D eigenvalue weighted by molar-refractivity contribution is 6.11. The summed E-state index contributed by atoms with van der Waals surface area (Å²) in [5.74, 6) is -7.91. The van der Waals surface area contributed by atoms with Crippen molar-refractivity contribution in [1.29, 1.82) is 0 Å². The van der Waals surface area contributed by atoms with Crippen LogP contribution >= 0.6 is 0 Å². The summed E-state index contributed by atoms with van der Waals surface area (Å²) >= 11 is 0. The number of benzene rings is 4. The lowest BCUT2D eigenvalue weighted by atomic mass is 10.0. The summed E-state index contributed by atoms with van der Waals surface area (Å²) in [5, 5.41) is 17.8. The molecule has 10 aliphatic heterocycles. The fourth-order valence-electron chi connectivity index (χ4n) is 14.0. The number of piperidine rings is 4. The van der Waals surface area contributed by atoms with Crippen molar-refractivity contribution < 1.29 is 120 Å². The number of nitrogen functional groups attached to an aromatic ring is 1. The van der Waals surface area contributed by atoms with Crippen LogP contribution in [0.15, 0.2) is 72.8 Å². The Bertz CT molecular complexity index is 4720. The largest absolute Gasteiger partial charge is 0.468 e. The highest BCUT2D eigenvalue weighted by Gasteiger charge is 2.45. The van der Waals surface area contributed by atoms with E-state index < -0.39 is 71.5 Å². The number of hydrogen-bond donors (Lipinski definition) is 8. The SMILES string of the molecule is CC(=O)CCCC(=O)Nc1cccc2c1CN(C1CCC(=O)NC1=O)C2=O.Nc1cccc2c1CN(C1CCC(=O)NC1=O)C2=O.O=C1CCC(N2Cc3c(NC(=O)CCCC(=O)ON4C(=O)CCC4=O)cccc3C2=O)C(=O)N1.O=C1CCCC(=O)O1.O=COCCCC(=O)Nc1cccc2c1CN(C1CCC(=O)NC1=O)C2=O. The number of rotatable bonds is 21. The standard InChI is InChI=1S/C22H22N4O8.C19H21N3O5.C18H19N3O6.C13H13N3O3.C5H6O3/c27-16(5-2-6-20(31)34-26-18(29)9-10-19(26)30)23-14-4-1-3-12-13(14)11-25(22(12)33)15-7-8-17(28)24-21(15)32;1-11(23)4-2-7-16(24)20-14-6-3-5-12-13(14)10-22(19(12)27)15-8-9-17(25)21-18(15)26;22-10-27-8-2-5-15(23)19-13-4-1-3-11-12(13)9-21(18(11)26)14-6-7-16(24)20-17(14)25;14-9-3-1-2-7-8(9)6-16(13(7)19)10-4-5-11(17)15-12(10)18;6-4-2-1-3-5(7)8-4/h1,3-4,15H,2,5-11H2,(H,23,27)(H,24,28,32);3,5-6,15H,2,4,7-10H2,1H3,(H,20,24)(H,21,25,26);1,3-4,10,14H,2,5-9H2,(H,19,23)(H,20,24,25);1-3,10H,4-6,14H2,(H,15,17,18);1-3H2. The molecule has 0 spiro atoms. The minimum atomic E-state index is -0.789. The molecule has 0 radical (unpaired) electrons. The molecule has 0 aromatic heterocycles. The molecule has 17 amide bonds. The number of nitrogens with one attached hydrogen (secondary N) is 7. The van der Waals surface area contributed by atoms with E-state index in [9.17, 15) is 105 Å². The number of cyclic esters (lactones) is 2. The van der Waals surface area contributed by atoms with Gasteiger partial charge in [-0.15, -0.1) is 5.06 Å². The van der Waals surface area contributed by atoms with Gasteiger partial charge in [-0.2, -0.15) is 0 Å². The van der Waals surface area contributed by atoms with Crippen LogP contribution in [0.3, 0.4) is 0 Å². The fraction of sp³-hybridized carbons (Fsp3) is 0.403. The molecule has 6 fully saturated rings. The molecule has 4 unspecified atom stereocenters. The third-order valence-electron chi connectivity index (χ3n) is 19.8. The lowest BCUT2D eigenvalue weighted by molar-refractivity contribution is -0.197. The second-order valence-corrected chi connectivity index (χ2v) is 27.8. The molecule has 4 aromatic rings. The minimum absolute atomic E-state index is 0.000604. The van der Waals surface area contributed by atoms with Crippen LogP contribution in [0.1, 0.15) is 205 Å². The van der Waals surface area contributed by atoms with E-state index in [1.807, 2.05) is 0 Å². The molecule has 14 rings (SSSR count). The van der Waals surface area contributed by atoms with Crippen LogP contribution in [0.4, 0.5) is 22.7 Å². The van der Waals surface area contributed by atoms with Crippen molar-refractivity contribution in [3.8, 4) is 0 Å². The Morgan fingerprint density at radius 2 is 0.765 bits per heavy atom. The Hall–Kier alpha value is -13.6. The van der Waals surface area contributed by atoms with Crippen LogP contribution in [-0.2, 0) is 127 Å². The molecular formula is C77H81N13O25. The smallest absolute Gasteiger partial charge is 0.333 e. The van der Waals surface area contributed by atoms with Gasteiger partial charge in [-0.3, -0.25) is 117 Å². The molecule has 10 aliphatic rings. The first kappa shape index (κ1) is 83.9. The van der Waals surface area contributed by atoms with Crippen LogP contribution in [0.5, 0.6) is 0 Å². The molecule has 38 nitrogen and oxygen atoms in total. The van der Waals surface area contributed by atoms with Gasteiger partial charge >= 0.3 is 17.9 Å². The van der Waals surface area contributed by atoms with Crippen LogP contribution in [0.2, 0.25) is 0 Å². The van der Waals surface area contributed by atoms with Crippen molar-refractivity contribution in [1.82, 2.24) is 45.9 Å². The van der Waals surface area contributed by atoms with Gasteiger partial charge in [0.25, 0.3) is 41.9 Å². The van der Waals surface area contributed by atoms with Gasteiger partial charge in [0.05, 0.1) is 6.61 Å². The number of anilines is 4. The van der Waals surface area contributed by atoms with E-state index >= 15 is 0 Å². The van der Waals surface area contributed by atoms with Gasteiger partial charge in [-0.05, 0) is 107 Å². The molecular weight excluding hydrogens is 1510 g/mol. The number of nitrogens with two attached hydrogens (primary N) is 1. The van der Waals surface area contributed by atoms with Crippen molar-refractivity contribution in [2.75, 3.05) is 28.3 Å². The normalized spacial score (nSPS) is 19.9. The molecule has 38 heteroatoms. The summed E-state index contributed by atoms with van der Waals surface area (Å²) in [4.78, 5) is 267. The number of esters is 2. The van der Waals surface area contributed by atoms with Crippen LogP contribution < -0.4 is 43.0 Å². The second-order valence-electron chi connectivity index (χ2n) is 27.8. The summed E-state index contributed by atoms with van der Waals surface area (Å²) in [6.07, 6.45) is 4.89. The topological polar surface area (TPSA) is 530 Å². The summed E-state index contributed by atoms with van der Waals surface area (Å²) < 4.78 is 8.76. The van der Waals surface area contributed by atoms with Crippen LogP contribution in [0, 0.1) is 0 Å². The average molecular weight is 1590 g/mol. The number of ketones is 1. The van der Waals surface area contributed by atoms with Crippen molar-refractivity contribution in [3.63, 3.8) is 0 Å². The van der Waals surface area contributed by atoms with Gasteiger partial charge in [0.2, 0.25) is 65.0 Å². The third kappa shape index (κ3) is 21.0. The lowest BCUT2D eigenvalue weighted by Gasteiger charge is -2.29. The van der Waals surface area contributed by atoms with Gasteiger partial charge in [-0.1, -0.05) is 24.3 Å². The number of amides is 17. The maximum Gasteiger partial charge on any atom is 0.333 e. The number of Topliss-reactive ketones (excluding diaryl/α,β-unsaturated/α-hetero) is 1. The number of fused-ring (bicyclic) bond motifs is 4. The number of hydroxylamine groups is 2. The van der Waals surface area contributed by atoms with E-state index in [4.69, 9.17) is 10.6 Å². The number of imide groups is 5. The zero-order chi connectivity index (χ0) is 82.9. The first-order chi connectivity index (χ1) is 55.0. The maximum atomic E-state index is 12.8. The molecule has 10 heterocycles. The third-order valence-corrected chi connectivity index (χ3v) is 19.8. The first-order valence-corrected chi connectivity index (χ1v) is 37.0. The zero-order valence-electron chi connectivity index (χ0n) is 62.2. The average Bonchev–Trinajstić information content (AvgIpc) is 1.64. The van der Waals surface area contributed by atoms with E-state index in [2.05, 4.69) is 46.7 Å². The summed E-state index contributed by atoms with van der Waals surface area (Å²) in [6, 6.07) is 17.3. The fourth-order valence-corrected chi connectivity index (χ4v) is 14.0. The van der Waals surface area contributed by atoms with Crippen molar-refractivity contribution in [3.05, 3.63) is 117 Å². The summed E-state index contributed by atoms with van der Waals surface area (Å²) in [7, 11) is 0. The number of carbonyl (C=O) groups excluding carboxylic acids is 22. The number of nitrogens with zero attached hydrogens (tertiary/aromatic N) is 5. The van der Waals surface area contributed by atoms with E-state index in [0.717, 1.165) is 5.56 Å². The van der Waals surface area contributed by atoms with Gasteiger partial charge in [-0.25, -0.2) is 4.79 Å². The summed E-state index contributed by atoms with van der Waals surface area (Å²) in [5.41, 5.74) is 12.3. The monoisotopic (exact) mass is 1590 g/mol. The molecule has 115 heavy (non-hydrogen) atoms. The molecule has 604 valence electrons. The van der Waals surface area contributed by atoms with E-state index in [1.54, 1.807) is 72.8 Å². The maximum absolute atomic E-state index is 12.8. The molecule has 0 saturated carbocycles. The first-order valence-electron chi connectivity index (χ1n) is 37.0. The van der Waals surface area contributed by atoms with E-state index in [1.165, 1.54) is 26.5 Å². The molecule has 6 saturated heterocycles. The number of hydrogen-bond acceptors (Lipinski definition) is 26. The van der Waals surface area contributed by atoms with Gasteiger partial charge < -0.3 is 60.4 Å². The molecule has 9 N–H and O–H groups in total. The highest BCUT2D eigenvalue weighted by atomic mass is 16.7. The zero-order valence-corrected chi connectivity index (χ0v) is 62.2. The van der Waals surface area contributed by atoms with Crippen molar-refractivity contribution in [2.24, 2.45) is 0 Å². The van der Waals surface area contributed by atoms with E-state index in [0.29, 0.717) is 125 Å². The number of ether oxygens (including phenoxy) is 2. The molecule has 4 aromatic carbocycles. The van der Waals surface area contributed by atoms with Crippen LogP contribution in [-0.4, -0.2) is 186 Å². The van der Waals surface area contributed by atoms with Crippen LogP contribution in [0.25, 0.3) is 0 Å². The molecule has 0 aliphatic carbocycles. The lowest BCUT2D eigenvalue weighted by Crippen LogP contribution is -2.52. The van der Waals surface area contributed by atoms with E-state index in [-0.39, 0.29) is 193 Å². The Balaban J connectivity index is 0.000000159. The van der Waals surface area contributed by atoms with Gasteiger partial charge in [0.15, 0.2) is 0 Å². The number of carbonyl (C=O) groups is 22. The Morgan fingerprint density at radius 3 is 1.09 bits per heavy atom. The minimum Gasteiger partial charge on any atom is -0.468 e. The second kappa shape index (κ2) is 38.1. The van der Waals surface area contributed by atoms with Gasteiger partial charge in [0.1, 0.15) is 30.0 Å². The highest BCUT2D eigenvalue weighted by Crippen LogP contribution is 2.37. The molecule has 0 bridgehead atoms. The Labute approximate surface area is 654 Å². The predicted octanol–water partition coefficient (Wildman–Crippen LogP) is 1.92.